The van der Waals surface area contributed by atoms with Gasteiger partial charge < -0.3 is 5.32 Å². The van der Waals surface area contributed by atoms with Crippen molar-refractivity contribution in [3.05, 3.63) is 96.6 Å². The molecule has 0 bridgehead atoms. The number of halogens is 2. The summed E-state index contributed by atoms with van der Waals surface area (Å²) < 4.78 is 2.97. The van der Waals surface area contributed by atoms with Gasteiger partial charge in [-0.25, -0.2) is 9.67 Å². The van der Waals surface area contributed by atoms with Crippen LogP contribution in [0.15, 0.2) is 59.8 Å². The van der Waals surface area contributed by atoms with Crippen LogP contribution in [0.2, 0.25) is 10.0 Å². The minimum atomic E-state index is -0.653. The molecule has 33 heavy (non-hydrogen) atoms. The Morgan fingerprint density at radius 3 is 2.76 bits per heavy atom. The Hall–Kier alpha value is -3.76. The van der Waals surface area contributed by atoms with E-state index in [9.17, 15) is 19.7 Å². The molecule has 0 spiro atoms. The molecule has 0 aliphatic carbocycles. The van der Waals surface area contributed by atoms with Crippen LogP contribution >= 0.6 is 23.2 Å². The predicted octanol–water partition coefficient (Wildman–Crippen LogP) is 3.29. The van der Waals surface area contributed by atoms with Crippen molar-refractivity contribution in [1.29, 1.82) is 0 Å². The molecule has 168 valence electrons. The Kier molecular flexibility index (Phi) is 6.38. The minimum absolute atomic E-state index is 0.0494. The monoisotopic (exact) mass is 486 g/mol. The van der Waals surface area contributed by atoms with Crippen LogP contribution in [0, 0.1) is 10.1 Å². The number of nitrogens with zero attached hydrogens (tertiary/aromatic N) is 5. The van der Waals surface area contributed by atoms with E-state index in [0.717, 1.165) is 11.6 Å². The minimum Gasteiger partial charge on any atom is -0.350 e. The first-order chi connectivity index (χ1) is 15.8. The molecule has 0 atom stereocenters. The van der Waals surface area contributed by atoms with Crippen LogP contribution in [-0.2, 0) is 13.1 Å². The summed E-state index contributed by atoms with van der Waals surface area (Å²) >= 11 is 11.8. The van der Waals surface area contributed by atoms with Crippen LogP contribution in [0.25, 0.3) is 11.0 Å². The molecule has 10 nitrogen and oxygen atoms in total. The van der Waals surface area contributed by atoms with E-state index >= 15 is 0 Å². The van der Waals surface area contributed by atoms with Crippen LogP contribution in [0.5, 0.6) is 0 Å². The number of nitro benzene ring substituents is 1. The maximum Gasteiger partial charge on any atom is 0.288 e. The first kappa shape index (κ1) is 22.4. The van der Waals surface area contributed by atoms with E-state index in [4.69, 9.17) is 23.2 Å². The predicted molar refractivity (Wildman–Crippen MR) is 123 cm³/mol. The molecular formula is C21H16Cl2N6O4. The number of hydrogen-bond acceptors (Lipinski definition) is 6. The second-order valence-electron chi connectivity index (χ2n) is 7.09. The lowest BCUT2D eigenvalue weighted by Crippen LogP contribution is -2.28. The number of carbonyl (C=O) groups is 1. The zero-order chi connectivity index (χ0) is 23.5. The van der Waals surface area contributed by atoms with Crippen LogP contribution in [0.1, 0.15) is 15.9 Å². The van der Waals surface area contributed by atoms with E-state index < -0.39 is 10.8 Å². The van der Waals surface area contributed by atoms with Crippen molar-refractivity contribution in [1.82, 2.24) is 24.6 Å². The van der Waals surface area contributed by atoms with E-state index in [2.05, 4.69) is 15.4 Å². The molecule has 0 saturated carbocycles. The highest BCUT2D eigenvalue weighted by Gasteiger charge is 2.16. The number of fused-ring (bicyclic) bond motifs is 1. The maximum absolute atomic E-state index is 12.8. The molecule has 1 amide bonds. The van der Waals surface area contributed by atoms with Gasteiger partial charge in [-0.2, -0.15) is 5.10 Å². The smallest absolute Gasteiger partial charge is 0.288 e. The van der Waals surface area contributed by atoms with Gasteiger partial charge in [0.05, 0.1) is 24.2 Å². The number of nitrogens with one attached hydrogen (secondary N) is 1. The Morgan fingerprint density at radius 1 is 1.18 bits per heavy atom. The Morgan fingerprint density at radius 2 is 2.00 bits per heavy atom. The fraction of sp³-hybridized carbons (Fsp3) is 0.143. The maximum atomic E-state index is 12.8. The molecule has 2 aromatic carbocycles. The van der Waals surface area contributed by atoms with Crippen molar-refractivity contribution >= 4 is 45.8 Å². The second kappa shape index (κ2) is 9.39. The van der Waals surface area contributed by atoms with Gasteiger partial charge in [0.2, 0.25) is 0 Å². The number of amides is 1. The molecule has 0 saturated heterocycles. The third kappa shape index (κ3) is 4.86. The molecule has 0 fully saturated rings. The number of aromatic nitrogens is 4. The normalized spacial score (nSPS) is 11.0. The summed E-state index contributed by atoms with van der Waals surface area (Å²) in [6.45, 7) is 0.728. The Balaban J connectivity index is 1.45. The van der Waals surface area contributed by atoms with E-state index in [1.165, 1.54) is 33.9 Å². The van der Waals surface area contributed by atoms with E-state index in [1.54, 1.807) is 12.1 Å². The first-order valence-electron chi connectivity index (χ1n) is 9.71. The largest absolute Gasteiger partial charge is 0.350 e. The molecule has 4 aromatic rings. The van der Waals surface area contributed by atoms with Gasteiger partial charge in [0, 0.05) is 23.2 Å². The van der Waals surface area contributed by atoms with E-state index in [1.807, 2.05) is 12.1 Å². The third-order valence-corrected chi connectivity index (χ3v) is 5.43. The summed E-state index contributed by atoms with van der Waals surface area (Å²) in [6.07, 6.45) is 2.87. The summed E-state index contributed by atoms with van der Waals surface area (Å²) in [4.78, 5) is 39.8. The molecule has 0 radical (unpaired) electrons. The molecule has 12 heteroatoms. The van der Waals surface area contributed by atoms with Crippen LogP contribution < -0.4 is 10.9 Å². The summed E-state index contributed by atoms with van der Waals surface area (Å²) in [6, 6.07) is 11.0. The van der Waals surface area contributed by atoms with Gasteiger partial charge in [0.15, 0.2) is 5.65 Å². The molecule has 0 unspecified atom stereocenters. The third-order valence-electron chi connectivity index (χ3n) is 4.88. The van der Waals surface area contributed by atoms with Crippen molar-refractivity contribution in [2.45, 2.75) is 13.1 Å². The summed E-state index contributed by atoms with van der Waals surface area (Å²) in [5.41, 5.74) is 0.768. The van der Waals surface area contributed by atoms with Crippen molar-refractivity contribution in [2.75, 3.05) is 6.54 Å². The molecule has 1 N–H and O–H groups in total. The Bertz CT molecular complexity index is 1430. The van der Waals surface area contributed by atoms with Gasteiger partial charge >= 0.3 is 0 Å². The average molecular weight is 487 g/mol. The van der Waals surface area contributed by atoms with Crippen molar-refractivity contribution in [3.8, 4) is 0 Å². The number of rotatable bonds is 7. The van der Waals surface area contributed by atoms with Crippen LogP contribution in [0.4, 0.5) is 5.69 Å². The summed E-state index contributed by atoms with van der Waals surface area (Å²) in [5, 5.41) is 18.7. The molecular weight excluding hydrogens is 471 g/mol. The summed E-state index contributed by atoms with van der Waals surface area (Å²) in [5.74, 6) is -0.497. The van der Waals surface area contributed by atoms with Crippen LogP contribution in [-0.4, -0.2) is 36.7 Å². The van der Waals surface area contributed by atoms with E-state index in [-0.39, 0.29) is 34.9 Å². The first-order valence-corrected chi connectivity index (χ1v) is 10.5. The van der Waals surface area contributed by atoms with Crippen molar-refractivity contribution in [2.24, 2.45) is 0 Å². The zero-order valence-electron chi connectivity index (χ0n) is 16.9. The van der Waals surface area contributed by atoms with Crippen molar-refractivity contribution in [3.63, 3.8) is 0 Å². The van der Waals surface area contributed by atoms with E-state index in [0.29, 0.717) is 22.6 Å². The van der Waals surface area contributed by atoms with Crippen molar-refractivity contribution < 1.29 is 9.72 Å². The van der Waals surface area contributed by atoms with Crippen LogP contribution in [0.3, 0.4) is 0 Å². The molecule has 0 aliphatic rings. The lowest BCUT2D eigenvalue weighted by molar-refractivity contribution is -0.384. The lowest BCUT2D eigenvalue weighted by Gasteiger charge is -2.08. The quantitative estimate of drug-likeness (QED) is 0.315. The van der Waals surface area contributed by atoms with Gasteiger partial charge in [0.1, 0.15) is 16.7 Å². The zero-order valence-corrected chi connectivity index (χ0v) is 18.5. The fourth-order valence-electron chi connectivity index (χ4n) is 3.28. The number of nitro groups is 1. The summed E-state index contributed by atoms with van der Waals surface area (Å²) in [7, 11) is 0. The lowest BCUT2D eigenvalue weighted by atomic mass is 10.2. The second-order valence-corrected chi connectivity index (χ2v) is 7.94. The SMILES string of the molecule is O=C(NCCn1ncc2c(=O)n(Cc3cccc(Cl)c3)cnc21)c1ccc(Cl)c([N+](=O)[O-])c1. The topological polar surface area (TPSA) is 125 Å². The highest BCUT2D eigenvalue weighted by Crippen LogP contribution is 2.25. The number of benzene rings is 2. The van der Waals surface area contributed by atoms with Gasteiger partial charge in [-0.1, -0.05) is 35.3 Å². The Labute approximate surface area is 196 Å². The average Bonchev–Trinajstić information content (AvgIpc) is 3.19. The van der Waals surface area contributed by atoms with Gasteiger partial charge in [-0.05, 0) is 29.8 Å². The molecule has 4 rings (SSSR count). The van der Waals surface area contributed by atoms with Gasteiger partial charge in [-0.15, -0.1) is 0 Å². The molecule has 2 heterocycles. The van der Waals surface area contributed by atoms with Gasteiger partial charge in [0.25, 0.3) is 17.2 Å². The highest BCUT2D eigenvalue weighted by atomic mass is 35.5. The van der Waals surface area contributed by atoms with Gasteiger partial charge in [-0.3, -0.25) is 24.3 Å². The standard InChI is InChI=1S/C21H16Cl2N6O4/c22-15-3-1-2-13(8-15)11-27-12-25-19-16(21(27)31)10-26-28(19)7-6-24-20(30)14-4-5-17(23)18(9-14)29(32)33/h1-5,8-10,12H,6-7,11H2,(H,24,30). The number of carbonyl (C=O) groups excluding carboxylic acids is 1. The molecule has 0 aliphatic heterocycles. The highest BCUT2D eigenvalue weighted by molar-refractivity contribution is 6.32. The molecule has 2 aromatic heterocycles. The fourth-order valence-corrected chi connectivity index (χ4v) is 3.68. The number of hydrogen-bond donors (Lipinski definition) is 1.